The van der Waals surface area contributed by atoms with E-state index in [1.54, 1.807) is 12.1 Å². The van der Waals surface area contributed by atoms with E-state index in [4.69, 9.17) is 18.9 Å². The Labute approximate surface area is 170 Å². The summed E-state index contributed by atoms with van der Waals surface area (Å²) in [6, 6.07) is 13.0. The van der Waals surface area contributed by atoms with Crippen LogP contribution in [0.15, 0.2) is 42.5 Å². The van der Waals surface area contributed by atoms with Crippen LogP contribution in [0.1, 0.15) is 53.4 Å². The molecule has 1 atom stereocenters. The predicted octanol–water partition coefficient (Wildman–Crippen LogP) is 3.34. The zero-order chi connectivity index (χ0) is 21.2. The lowest BCUT2D eigenvalue weighted by molar-refractivity contribution is -0.108. The molecule has 0 aliphatic carbocycles. The van der Waals surface area contributed by atoms with Crippen molar-refractivity contribution in [3.63, 3.8) is 0 Å². The molecule has 7 nitrogen and oxygen atoms in total. The van der Waals surface area contributed by atoms with Crippen molar-refractivity contribution in [2.24, 2.45) is 0 Å². The molecule has 1 unspecified atom stereocenters. The van der Waals surface area contributed by atoms with E-state index >= 15 is 0 Å². The van der Waals surface area contributed by atoms with E-state index in [2.05, 4.69) is 0 Å². The van der Waals surface area contributed by atoms with Gasteiger partial charge in [-0.3, -0.25) is 9.69 Å². The topological polar surface area (TPSA) is 77.5 Å². The number of ether oxygens (including phenoxy) is 4. The summed E-state index contributed by atoms with van der Waals surface area (Å²) in [6.45, 7) is 3.75. The predicted molar refractivity (Wildman–Crippen MR) is 106 cm³/mol. The van der Waals surface area contributed by atoms with Crippen molar-refractivity contribution in [1.29, 1.82) is 0 Å². The molecule has 0 bridgehead atoms. The van der Waals surface area contributed by atoms with Gasteiger partial charge in [-0.05, 0) is 31.5 Å². The number of nitrogens with zero attached hydrogens (tertiary/aromatic N) is 1. The van der Waals surface area contributed by atoms with Crippen LogP contribution in [0.25, 0.3) is 0 Å². The van der Waals surface area contributed by atoms with Crippen molar-refractivity contribution < 1.29 is 28.8 Å². The van der Waals surface area contributed by atoms with Crippen LogP contribution in [0, 0.1) is 0 Å². The minimum Gasteiger partial charge on any atom is -0.467 e. The van der Waals surface area contributed by atoms with E-state index in [1.807, 2.05) is 44.2 Å². The Morgan fingerprint density at radius 2 is 1.72 bits per heavy atom. The first-order chi connectivity index (χ1) is 13.9. The fraction of sp³-hybridized carbons (Fsp3) is 0.409. The molecule has 0 saturated heterocycles. The summed E-state index contributed by atoms with van der Waals surface area (Å²) in [5, 5.41) is 11.2. The molecule has 2 aromatic rings. The third-order valence-electron chi connectivity index (χ3n) is 5.26. The summed E-state index contributed by atoms with van der Waals surface area (Å²) < 4.78 is 21.6. The number of hydrogen-bond acceptors (Lipinski definition) is 6. The SMILES string of the molecule is COCOc1c(C(OC)OC)ccc2c1C(O)N(C(C)(C)c1ccccc1)C2=O. The average molecular weight is 401 g/mol. The Hall–Kier alpha value is -2.45. The van der Waals surface area contributed by atoms with E-state index in [9.17, 15) is 9.90 Å². The lowest BCUT2D eigenvalue weighted by Gasteiger charge is -2.38. The molecule has 3 rings (SSSR count). The molecule has 7 heteroatoms. The number of aliphatic hydroxyl groups is 1. The maximum atomic E-state index is 13.3. The first kappa shape index (κ1) is 21.3. The number of amides is 1. The largest absolute Gasteiger partial charge is 0.467 e. The van der Waals surface area contributed by atoms with Crippen molar-refractivity contribution in [2.75, 3.05) is 28.1 Å². The number of carbonyl (C=O) groups excluding carboxylic acids is 1. The number of aliphatic hydroxyl groups excluding tert-OH is 1. The van der Waals surface area contributed by atoms with Gasteiger partial charge >= 0.3 is 0 Å². The van der Waals surface area contributed by atoms with E-state index in [0.29, 0.717) is 22.4 Å². The van der Waals surface area contributed by atoms with Gasteiger partial charge in [0.1, 0.15) is 5.75 Å². The minimum absolute atomic E-state index is 0.0490. The average Bonchev–Trinajstić information content (AvgIpc) is 2.99. The summed E-state index contributed by atoms with van der Waals surface area (Å²) in [7, 11) is 4.52. The zero-order valence-electron chi connectivity index (χ0n) is 17.3. The molecule has 0 aromatic heterocycles. The fourth-order valence-electron chi connectivity index (χ4n) is 3.79. The van der Waals surface area contributed by atoms with Gasteiger partial charge in [0.2, 0.25) is 0 Å². The molecule has 0 fully saturated rings. The summed E-state index contributed by atoms with van der Waals surface area (Å²) in [4.78, 5) is 14.8. The fourth-order valence-corrected chi connectivity index (χ4v) is 3.79. The summed E-state index contributed by atoms with van der Waals surface area (Å²) >= 11 is 0. The molecule has 29 heavy (non-hydrogen) atoms. The van der Waals surface area contributed by atoms with Crippen LogP contribution in [0.5, 0.6) is 5.75 Å². The van der Waals surface area contributed by atoms with E-state index in [-0.39, 0.29) is 12.7 Å². The standard InChI is InChI=1S/C22H27NO6/c1-22(2,14-9-7-6-8-10-14)23-19(24)15-11-12-16(21(27-4)28-5)18(29-13-26-3)17(15)20(23)25/h6-12,20-21,25H,13H2,1-5H3. The molecular weight excluding hydrogens is 374 g/mol. The van der Waals surface area contributed by atoms with Crippen LogP contribution in [-0.2, 0) is 19.7 Å². The van der Waals surface area contributed by atoms with Crippen molar-refractivity contribution in [2.45, 2.75) is 31.9 Å². The number of rotatable bonds is 8. The van der Waals surface area contributed by atoms with Crippen molar-refractivity contribution >= 4 is 5.91 Å². The van der Waals surface area contributed by atoms with Crippen LogP contribution >= 0.6 is 0 Å². The second-order valence-corrected chi connectivity index (χ2v) is 7.27. The highest BCUT2D eigenvalue weighted by Gasteiger charge is 2.47. The third kappa shape index (κ3) is 3.62. The van der Waals surface area contributed by atoms with E-state index in [1.165, 1.54) is 26.2 Å². The highest BCUT2D eigenvalue weighted by Crippen LogP contribution is 2.47. The van der Waals surface area contributed by atoms with Gasteiger partial charge in [0.25, 0.3) is 5.91 Å². The van der Waals surface area contributed by atoms with Gasteiger partial charge < -0.3 is 24.1 Å². The minimum atomic E-state index is -1.20. The lowest BCUT2D eigenvalue weighted by atomic mass is 9.92. The second kappa shape index (κ2) is 8.51. The van der Waals surface area contributed by atoms with Crippen LogP contribution in [0.4, 0.5) is 0 Å². The molecule has 1 heterocycles. The van der Waals surface area contributed by atoms with E-state index in [0.717, 1.165) is 5.56 Å². The van der Waals surface area contributed by atoms with Crippen LogP contribution < -0.4 is 4.74 Å². The molecule has 1 aliphatic heterocycles. The molecule has 0 spiro atoms. The zero-order valence-corrected chi connectivity index (χ0v) is 17.3. The van der Waals surface area contributed by atoms with Crippen molar-refractivity contribution in [3.8, 4) is 5.75 Å². The van der Waals surface area contributed by atoms with Gasteiger partial charge in [0, 0.05) is 21.3 Å². The molecule has 1 amide bonds. The van der Waals surface area contributed by atoms with Crippen LogP contribution in [-0.4, -0.2) is 44.0 Å². The van der Waals surface area contributed by atoms with Gasteiger partial charge in [0.15, 0.2) is 19.3 Å². The highest BCUT2D eigenvalue weighted by atomic mass is 16.7. The Morgan fingerprint density at radius 3 is 2.31 bits per heavy atom. The Bertz CT molecular complexity index is 863. The van der Waals surface area contributed by atoms with Crippen molar-refractivity contribution in [3.05, 3.63) is 64.7 Å². The summed E-state index contributed by atoms with van der Waals surface area (Å²) in [5.74, 6) is 0.0480. The Kier molecular flexibility index (Phi) is 6.24. The molecule has 0 radical (unpaired) electrons. The molecular formula is C22H27NO6. The van der Waals surface area contributed by atoms with Gasteiger partial charge in [-0.15, -0.1) is 0 Å². The van der Waals surface area contributed by atoms with Gasteiger partial charge in [-0.25, -0.2) is 0 Å². The quantitative estimate of drug-likeness (QED) is 0.684. The Morgan fingerprint density at radius 1 is 1.07 bits per heavy atom. The Balaban J connectivity index is 2.12. The number of methoxy groups -OCH3 is 3. The summed E-state index contributed by atoms with van der Waals surface area (Å²) in [5.41, 5.74) is 1.48. The first-order valence-corrected chi connectivity index (χ1v) is 9.29. The number of hydrogen-bond donors (Lipinski definition) is 1. The highest BCUT2D eigenvalue weighted by molar-refractivity contribution is 6.00. The number of carbonyl (C=O) groups is 1. The third-order valence-corrected chi connectivity index (χ3v) is 5.26. The van der Waals surface area contributed by atoms with Gasteiger partial charge in [-0.2, -0.15) is 0 Å². The number of fused-ring (bicyclic) bond motifs is 1. The molecule has 2 aromatic carbocycles. The molecule has 156 valence electrons. The summed E-state index contributed by atoms with van der Waals surface area (Å²) in [6.07, 6.45) is -1.92. The van der Waals surface area contributed by atoms with Gasteiger partial charge in [0.05, 0.1) is 22.2 Å². The normalized spacial score (nSPS) is 16.4. The smallest absolute Gasteiger partial charge is 0.257 e. The maximum Gasteiger partial charge on any atom is 0.257 e. The van der Waals surface area contributed by atoms with E-state index < -0.39 is 18.1 Å². The second-order valence-electron chi connectivity index (χ2n) is 7.27. The molecule has 1 N–H and O–H groups in total. The first-order valence-electron chi connectivity index (χ1n) is 9.29. The number of benzene rings is 2. The maximum absolute atomic E-state index is 13.3. The lowest BCUT2D eigenvalue weighted by Crippen LogP contribution is -2.44. The molecule has 0 saturated carbocycles. The molecule has 1 aliphatic rings. The monoisotopic (exact) mass is 401 g/mol. The van der Waals surface area contributed by atoms with Crippen LogP contribution in [0.3, 0.4) is 0 Å². The van der Waals surface area contributed by atoms with Gasteiger partial charge in [-0.1, -0.05) is 30.3 Å². The van der Waals surface area contributed by atoms with Crippen LogP contribution in [0.2, 0.25) is 0 Å². The van der Waals surface area contributed by atoms with Crippen molar-refractivity contribution in [1.82, 2.24) is 4.90 Å².